The van der Waals surface area contributed by atoms with E-state index in [0.717, 1.165) is 6.07 Å². The molecular formula is C18H25F3N2O4. The van der Waals surface area contributed by atoms with Gasteiger partial charge in [-0.2, -0.15) is 0 Å². The molecule has 1 aliphatic heterocycles. The maximum absolute atomic E-state index is 12.5. The number of benzene rings is 1. The predicted molar refractivity (Wildman–Crippen MR) is 94.1 cm³/mol. The number of halogens is 3. The average Bonchev–Trinajstić information content (AvgIpc) is 2.85. The van der Waals surface area contributed by atoms with Gasteiger partial charge in [0.2, 0.25) is 0 Å². The van der Waals surface area contributed by atoms with Crippen LogP contribution in [0.4, 0.5) is 23.7 Å². The summed E-state index contributed by atoms with van der Waals surface area (Å²) in [5.74, 6) is -0.153. The van der Waals surface area contributed by atoms with Gasteiger partial charge in [-0.05, 0) is 34.1 Å². The molecule has 27 heavy (non-hydrogen) atoms. The smallest absolute Gasteiger partial charge is 0.497 e. The molecule has 1 aromatic carbocycles. The number of alkyl halides is 3. The summed E-state index contributed by atoms with van der Waals surface area (Å²) >= 11 is 0. The summed E-state index contributed by atoms with van der Waals surface area (Å²) in [6.07, 6.45) is -4.60. The van der Waals surface area contributed by atoms with Crippen molar-refractivity contribution in [2.45, 2.75) is 51.6 Å². The fraction of sp³-hybridized carbons (Fsp3) is 0.611. The Balaban J connectivity index is 2.12. The molecule has 1 saturated heterocycles. The quantitative estimate of drug-likeness (QED) is 0.826. The van der Waals surface area contributed by atoms with Gasteiger partial charge in [-0.15, -0.1) is 13.2 Å². The van der Waals surface area contributed by atoms with Gasteiger partial charge in [-0.25, -0.2) is 4.79 Å². The number of methoxy groups -OCH3 is 1. The Kier molecular flexibility index (Phi) is 5.72. The summed E-state index contributed by atoms with van der Waals surface area (Å²) in [6.45, 7) is 8.09. The van der Waals surface area contributed by atoms with Crippen LogP contribution in [0.25, 0.3) is 0 Å². The van der Waals surface area contributed by atoms with Crippen molar-refractivity contribution in [3.8, 4) is 11.5 Å². The largest absolute Gasteiger partial charge is 0.573 e. The molecule has 1 aromatic rings. The van der Waals surface area contributed by atoms with Gasteiger partial charge in [0.25, 0.3) is 0 Å². The third-order valence-corrected chi connectivity index (χ3v) is 3.92. The predicted octanol–water partition coefficient (Wildman–Crippen LogP) is 4.41. The van der Waals surface area contributed by atoms with Gasteiger partial charge >= 0.3 is 12.5 Å². The zero-order chi connectivity index (χ0) is 20.5. The maximum Gasteiger partial charge on any atom is 0.573 e. The van der Waals surface area contributed by atoms with E-state index in [-0.39, 0.29) is 11.5 Å². The third-order valence-electron chi connectivity index (χ3n) is 3.92. The van der Waals surface area contributed by atoms with Crippen LogP contribution in [-0.4, -0.2) is 48.7 Å². The second-order valence-corrected chi connectivity index (χ2v) is 7.78. The molecule has 1 unspecified atom stereocenters. The molecule has 0 aromatic heterocycles. The van der Waals surface area contributed by atoms with Crippen LogP contribution in [0.15, 0.2) is 18.2 Å². The van der Waals surface area contributed by atoms with Crippen molar-refractivity contribution in [3.05, 3.63) is 18.2 Å². The summed E-state index contributed by atoms with van der Waals surface area (Å²) in [5.41, 5.74) is -0.721. The molecule has 6 nitrogen and oxygen atoms in total. The van der Waals surface area contributed by atoms with E-state index in [2.05, 4.69) is 10.1 Å². The SMILES string of the molecule is COc1cc(NC2(C)CCN(C(=O)OC(C)(C)C)C2)cc(OC(F)(F)F)c1. The minimum atomic E-state index is -4.80. The monoisotopic (exact) mass is 390 g/mol. The Hall–Kier alpha value is -2.32. The van der Waals surface area contributed by atoms with Gasteiger partial charge in [0, 0.05) is 37.0 Å². The van der Waals surface area contributed by atoms with E-state index in [9.17, 15) is 18.0 Å². The average molecular weight is 390 g/mol. The number of nitrogens with one attached hydrogen (secondary N) is 1. The molecule has 9 heteroatoms. The van der Waals surface area contributed by atoms with Crippen molar-refractivity contribution in [1.29, 1.82) is 0 Å². The molecule has 1 heterocycles. The van der Waals surface area contributed by atoms with Gasteiger partial charge in [0.05, 0.1) is 12.6 Å². The van der Waals surface area contributed by atoms with Gasteiger partial charge in [-0.3, -0.25) is 0 Å². The van der Waals surface area contributed by atoms with E-state index in [1.54, 1.807) is 31.7 Å². The minimum Gasteiger partial charge on any atom is -0.497 e. The van der Waals surface area contributed by atoms with E-state index >= 15 is 0 Å². The highest BCUT2D eigenvalue weighted by Crippen LogP contribution is 2.33. The molecule has 0 spiro atoms. The number of carbonyl (C=O) groups excluding carboxylic acids is 1. The van der Waals surface area contributed by atoms with Crippen molar-refractivity contribution in [2.24, 2.45) is 0 Å². The molecule has 0 bridgehead atoms. The molecule has 1 N–H and O–H groups in total. The lowest BCUT2D eigenvalue weighted by atomic mass is 10.0. The Bertz CT molecular complexity index is 688. The van der Waals surface area contributed by atoms with Crippen LogP contribution in [0.2, 0.25) is 0 Å². The van der Waals surface area contributed by atoms with Crippen LogP contribution in [0.3, 0.4) is 0 Å². The fourth-order valence-corrected chi connectivity index (χ4v) is 2.85. The molecule has 1 atom stereocenters. The number of anilines is 1. The number of likely N-dealkylation sites (tertiary alicyclic amines) is 1. The molecule has 0 saturated carbocycles. The van der Waals surface area contributed by atoms with Crippen LogP contribution >= 0.6 is 0 Å². The zero-order valence-electron chi connectivity index (χ0n) is 16.1. The van der Waals surface area contributed by atoms with Crippen LogP contribution in [0.1, 0.15) is 34.1 Å². The number of rotatable bonds is 4. The second-order valence-electron chi connectivity index (χ2n) is 7.78. The first-order valence-electron chi connectivity index (χ1n) is 8.50. The number of carbonyl (C=O) groups is 1. The standard InChI is InChI=1S/C18H25F3N2O4/c1-16(2,3)27-15(24)23-7-6-17(4,11-23)22-12-8-13(25-5)10-14(9-12)26-18(19,20)21/h8-10,22H,6-7,11H2,1-5H3. The van der Waals surface area contributed by atoms with Crippen LogP contribution < -0.4 is 14.8 Å². The Labute approximate surface area is 156 Å². The van der Waals surface area contributed by atoms with Crippen LogP contribution in [-0.2, 0) is 4.74 Å². The lowest BCUT2D eigenvalue weighted by molar-refractivity contribution is -0.274. The summed E-state index contributed by atoms with van der Waals surface area (Å²) in [5, 5.41) is 3.19. The molecule has 0 aliphatic carbocycles. The Morgan fingerprint density at radius 1 is 1.19 bits per heavy atom. The lowest BCUT2D eigenvalue weighted by Gasteiger charge is -2.29. The van der Waals surface area contributed by atoms with Crippen molar-refractivity contribution >= 4 is 11.8 Å². The molecule has 1 aliphatic rings. The molecule has 2 rings (SSSR count). The van der Waals surface area contributed by atoms with Gasteiger partial charge < -0.3 is 24.4 Å². The highest BCUT2D eigenvalue weighted by molar-refractivity contribution is 5.69. The summed E-state index contributed by atoms with van der Waals surface area (Å²) in [4.78, 5) is 13.8. The van der Waals surface area contributed by atoms with E-state index in [4.69, 9.17) is 9.47 Å². The van der Waals surface area contributed by atoms with Crippen molar-refractivity contribution in [1.82, 2.24) is 4.90 Å². The highest BCUT2D eigenvalue weighted by atomic mass is 19.4. The second kappa shape index (κ2) is 7.36. The first-order valence-corrected chi connectivity index (χ1v) is 8.50. The number of ether oxygens (including phenoxy) is 3. The van der Waals surface area contributed by atoms with Crippen molar-refractivity contribution in [2.75, 3.05) is 25.5 Å². The molecule has 152 valence electrons. The fourth-order valence-electron chi connectivity index (χ4n) is 2.85. The minimum absolute atomic E-state index is 0.227. The molecule has 1 fully saturated rings. The molecule has 1 amide bonds. The Morgan fingerprint density at radius 3 is 2.37 bits per heavy atom. The topological polar surface area (TPSA) is 60.0 Å². The number of nitrogens with zero attached hydrogens (tertiary/aromatic N) is 1. The molecule has 0 radical (unpaired) electrons. The lowest BCUT2D eigenvalue weighted by Crippen LogP contribution is -2.41. The number of hydrogen-bond acceptors (Lipinski definition) is 5. The van der Waals surface area contributed by atoms with Crippen LogP contribution in [0.5, 0.6) is 11.5 Å². The van der Waals surface area contributed by atoms with E-state index < -0.39 is 23.6 Å². The van der Waals surface area contributed by atoms with Crippen molar-refractivity contribution in [3.63, 3.8) is 0 Å². The van der Waals surface area contributed by atoms with Gasteiger partial charge in [-0.1, -0.05) is 0 Å². The number of hydrogen-bond donors (Lipinski definition) is 1. The first-order chi connectivity index (χ1) is 12.3. The number of amides is 1. The molecular weight excluding hydrogens is 365 g/mol. The maximum atomic E-state index is 12.5. The van der Waals surface area contributed by atoms with Gasteiger partial charge in [0.1, 0.15) is 17.1 Å². The summed E-state index contributed by atoms with van der Waals surface area (Å²) < 4.78 is 52.0. The zero-order valence-corrected chi connectivity index (χ0v) is 16.1. The van der Waals surface area contributed by atoms with Crippen molar-refractivity contribution < 1.29 is 32.2 Å². The van der Waals surface area contributed by atoms with E-state index in [0.29, 0.717) is 25.2 Å². The summed E-state index contributed by atoms with van der Waals surface area (Å²) in [7, 11) is 1.36. The normalized spacial score (nSPS) is 20.4. The van der Waals surface area contributed by atoms with Gasteiger partial charge in [0.15, 0.2) is 0 Å². The van der Waals surface area contributed by atoms with E-state index in [1.165, 1.54) is 13.2 Å². The first kappa shape index (κ1) is 21.0. The third kappa shape index (κ3) is 6.41. The Morgan fingerprint density at radius 2 is 1.81 bits per heavy atom. The summed E-state index contributed by atoms with van der Waals surface area (Å²) in [6, 6.07) is 3.98. The highest BCUT2D eigenvalue weighted by Gasteiger charge is 2.38. The van der Waals surface area contributed by atoms with Crippen LogP contribution in [0, 0.1) is 0 Å². The van der Waals surface area contributed by atoms with E-state index in [1.807, 2.05) is 6.92 Å².